The van der Waals surface area contributed by atoms with E-state index in [1.54, 1.807) is 0 Å². The SMILES string of the molecule is CCCN(C)CCC[C@H]1CC[C@H](N(C)c2ncc(Br)cn2)CC1. The highest BCUT2D eigenvalue weighted by atomic mass is 79.9. The van der Waals surface area contributed by atoms with E-state index in [9.17, 15) is 0 Å². The summed E-state index contributed by atoms with van der Waals surface area (Å²) in [5.74, 6) is 1.76. The van der Waals surface area contributed by atoms with Crippen LogP contribution in [0.2, 0.25) is 0 Å². The summed E-state index contributed by atoms with van der Waals surface area (Å²) < 4.78 is 0.936. The van der Waals surface area contributed by atoms with Crippen LogP contribution in [0.15, 0.2) is 16.9 Å². The molecule has 1 saturated carbocycles. The van der Waals surface area contributed by atoms with E-state index >= 15 is 0 Å². The van der Waals surface area contributed by atoms with Gasteiger partial charge in [0.15, 0.2) is 0 Å². The Bertz CT molecular complexity index is 443. The van der Waals surface area contributed by atoms with Crippen LogP contribution in [-0.4, -0.2) is 48.1 Å². The molecular formula is C18H31BrN4. The van der Waals surface area contributed by atoms with E-state index in [1.807, 2.05) is 12.4 Å². The van der Waals surface area contributed by atoms with Gasteiger partial charge in [0.2, 0.25) is 5.95 Å². The molecular weight excluding hydrogens is 352 g/mol. The van der Waals surface area contributed by atoms with Crippen molar-refractivity contribution in [2.45, 2.75) is 57.9 Å². The average molecular weight is 383 g/mol. The van der Waals surface area contributed by atoms with Crippen molar-refractivity contribution in [2.75, 3.05) is 32.1 Å². The zero-order chi connectivity index (χ0) is 16.7. The molecule has 4 nitrogen and oxygen atoms in total. The number of aromatic nitrogens is 2. The summed E-state index contributed by atoms with van der Waals surface area (Å²) >= 11 is 3.40. The highest BCUT2D eigenvalue weighted by molar-refractivity contribution is 9.10. The van der Waals surface area contributed by atoms with E-state index in [0.717, 1.165) is 16.3 Å². The maximum atomic E-state index is 4.42. The third kappa shape index (κ3) is 6.03. The van der Waals surface area contributed by atoms with E-state index in [4.69, 9.17) is 0 Å². The van der Waals surface area contributed by atoms with Crippen LogP contribution in [0.5, 0.6) is 0 Å². The van der Waals surface area contributed by atoms with E-state index in [1.165, 1.54) is 58.0 Å². The highest BCUT2D eigenvalue weighted by Crippen LogP contribution is 2.31. The molecule has 0 aliphatic heterocycles. The Labute approximate surface area is 149 Å². The second kappa shape index (κ2) is 9.58. The summed E-state index contributed by atoms with van der Waals surface area (Å²) in [5.41, 5.74) is 0. The van der Waals surface area contributed by atoms with Crippen molar-refractivity contribution in [1.29, 1.82) is 0 Å². The quantitative estimate of drug-likeness (QED) is 0.668. The Balaban J connectivity index is 1.70. The van der Waals surface area contributed by atoms with Gasteiger partial charge in [0, 0.05) is 25.5 Å². The molecule has 0 spiro atoms. The largest absolute Gasteiger partial charge is 0.341 e. The van der Waals surface area contributed by atoms with Crippen LogP contribution in [0.25, 0.3) is 0 Å². The topological polar surface area (TPSA) is 32.3 Å². The van der Waals surface area contributed by atoms with Gasteiger partial charge in [-0.3, -0.25) is 0 Å². The van der Waals surface area contributed by atoms with Crippen LogP contribution in [-0.2, 0) is 0 Å². The fourth-order valence-corrected chi connectivity index (χ4v) is 3.82. The van der Waals surface area contributed by atoms with E-state index in [-0.39, 0.29) is 0 Å². The molecule has 0 bridgehead atoms. The lowest BCUT2D eigenvalue weighted by Gasteiger charge is -2.34. The highest BCUT2D eigenvalue weighted by Gasteiger charge is 2.25. The van der Waals surface area contributed by atoms with Crippen LogP contribution in [0.3, 0.4) is 0 Å². The van der Waals surface area contributed by atoms with Crippen molar-refractivity contribution < 1.29 is 0 Å². The summed E-state index contributed by atoms with van der Waals surface area (Å²) in [6.45, 7) is 4.73. The first-order chi connectivity index (χ1) is 11.1. The predicted molar refractivity (Wildman–Crippen MR) is 101 cm³/mol. The smallest absolute Gasteiger partial charge is 0.225 e. The number of hydrogen-bond acceptors (Lipinski definition) is 4. The van der Waals surface area contributed by atoms with E-state index < -0.39 is 0 Å². The summed E-state index contributed by atoms with van der Waals surface area (Å²) in [6, 6.07) is 0.593. The first kappa shape index (κ1) is 18.7. The Morgan fingerprint density at radius 1 is 1.09 bits per heavy atom. The molecule has 1 aromatic heterocycles. The molecule has 23 heavy (non-hydrogen) atoms. The number of hydrogen-bond donors (Lipinski definition) is 0. The molecule has 1 aliphatic rings. The molecule has 0 atom stereocenters. The Morgan fingerprint density at radius 3 is 2.35 bits per heavy atom. The molecule has 130 valence electrons. The standard InChI is InChI=1S/C18H31BrN4/c1-4-11-22(2)12-5-6-15-7-9-17(10-8-15)23(3)18-20-13-16(19)14-21-18/h13-15,17H,4-12H2,1-3H3/t15-,17-. The number of rotatable bonds is 8. The number of halogens is 1. The fraction of sp³-hybridized carbons (Fsp3) is 0.778. The molecule has 5 heteroatoms. The monoisotopic (exact) mass is 382 g/mol. The van der Waals surface area contributed by atoms with Crippen LogP contribution >= 0.6 is 15.9 Å². The molecule has 1 fully saturated rings. The van der Waals surface area contributed by atoms with Crippen LogP contribution in [0.4, 0.5) is 5.95 Å². The first-order valence-electron chi connectivity index (χ1n) is 8.99. The van der Waals surface area contributed by atoms with Gasteiger partial charge in [0.05, 0.1) is 4.47 Å². The molecule has 0 N–H and O–H groups in total. The zero-order valence-electron chi connectivity index (χ0n) is 14.8. The van der Waals surface area contributed by atoms with Gasteiger partial charge in [-0.2, -0.15) is 0 Å². The third-order valence-corrected chi connectivity index (χ3v) is 5.45. The summed E-state index contributed by atoms with van der Waals surface area (Å²) in [7, 11) is 4.38. The lowest BCUT2D eigenvalue weighted by molar-refractivity contribution is 0.271. The first-order valence-corrected chi connectivity index (χ1v) is 9.78. The Hall–Kier alpha value is -0.680. The van der Waals surface area contributed by atoms with Crippen molar-refractivity contribution in [3.05, 3.63) is 16.9 Å². The van der Waals surface area contributed by atoms with Crippen LogP contribution in [0.1, 0.15) is 51.9 Å². The van der Waals surface area contributed by atoms with E-state index in [0.29, 0.717) is 6.04 Å². The van der Waals surface area contributed by atoms with E-state index in [2.05, 4.69) is 56.7 Å². The lowest BCUT2D eigenvalue weighted by atomic mass is 9.83. The number of anilines is 1. The molecule has 0 saturated heterocycles. The second-order valence-corrected chi connectivity index (χ2v) is 7.85. The minimum absolute atomic E-state index is 0.593. The van der Waals surface area contributed by atoms with Gasteiger partial charge in [-0.15, -0.1) is 0 Å². The molecule has 0 unspecified atom stereocenters. The normalized spacial score (nSPS) is 21.6. The second-order valence-electron chi connectivity index (χ2n) is 6.93. The van der Waals surface area contributed by atoms with Crippen molar-refractivity contribution in [2.24, 2.45) is 5.92 Å². The van der Waals surface area contributed by atoms with Crippen LogP contribution in [0, 0.1) is 5.92 Å². The maximum Gasteiger partial charge on any atom is 0.225 e. The van der Waals surface area contributed by atoms with Crippen LogP contribution < -0.4 is 4.90 Å². The van der Waals surface area contributed by atoms with Gasteiger partial charge in [0.25, 0.3) is 0 Å². The Kier molecular flexibility index (Phi) is 7.77. The lowest BCUT2D eigenvalue weighted by Crippen LogP contribution is -2.36. The Morgan fingerprint density at radius 2 is 1.74 bits per heavy atom. The van der Waals surface area contributed by atoms with Gasteiger partial charge >= 0.3 is 0 Å². The molecule has 1 heterocycles. The summed E-state index contributed by atoms with van der Waals surface area (Å²) in [4.78, 5) is 13.6. The average Bonchev–Trinajstić information content (AvgIpc) is 2.56. The van der Waals surface area contributed by atoms with Crippen molar-refractivity contribution in [3.63, 3.8) is 0 Å². The van der Waals surface area contributed by atoms with Gasteiger partial charge in [-0.25, -0.2) is 9.97 Å². The van der Waals surface area contributed by atoms with Gasteiger partial charge < -0.3 is 9.80 Å². The van der Waals surface area contributed by atoms with Crippen molar-refractivity contribution in [1.82, 2.24) is 14.9 Å². The predicted octanol–water partition coefficient (Wildman–Crippen LogP) is 4.36. The molecule has 1 aliphatic carbocycles. The number of nitrogens with zero attached hydrogens (tertiary/aromatic N) is 4. The molecule has 0 amide bonds. The molecule has 0 aromatic carbocycles. The molecule has 2 rings (SSSR count). The summed E-state index contributed by atoms with van der Waals surface area (Å²) in [5, 5.41) is 0. The minimum atomic E-state index is 0.593. The molecule has 0 radical (unpaired) electrons. The van der Waals surface area contributed by atoms with Gasteiger partial charge in [-0.1, -0.05) is 6.92 Å². The third-order valence-electron chi connectivity index (χ3n) is 5.04. The zero-order valence-corrected chi connectivity index (χ0v) is 16.4. The van der Waals surface area contributed by atoms with Gasteiger partial charge in [-0.05, 0) is 86.9 Å². The molecule has 1 aromatic rings. The van der Waals surface area contributed by atoms with Crippen molar-refractivity contribution in [3.8, 4) is 0 Å². The summed E-state index contributed by atoms with van der Waals surface area (Å²) in [6.07, 6.45) is 12.9. The van der Waals surface area contributed by atoms with Crippen molar-refractivity contribution >= 4 is 21.9 Å². The van der Waals surface area contributed by atoms with Gasteiger partial charge in [0.1, 0.15) is 0 Å². The maximum absolute atomic E-state index is 4.42. The fourth-order valence-electron chi connectivity index (χ4n) is 3.62. The minimum Gasteiger partial charge on any atom is -0.341 e.